The molecule has 4 unspecified atom stereocenters. The van der Waals surface area contributed by atoms with E-state index in [0.717, 1.165) is 64.6 Å². The highest BCUT2D eigenvalue weighted by molar-refractivity contribution is 7.99. The second-order valence-corrected chi connectivity index (χ2v) is 13.8. The Balaban J connectivity index is 1.07. The van der Waals surface area contributed by atoms with Crippen LogP contribution >= 0.6 is 11.8 Å². The van der Waals surface area contributed by atoms with Gasteiger partial charge in [-0.15, -0.1) is 0 Å². The lowest BCUT2D eigenvalue weighted by molar-refractivity contribution is -0.268. The summed E-state index contributed by atoms with van der Waals surface area (Å²) in [5.74, 6) is 3.04. The van der Waals surface area contributed by atoms with Crippen LogP contribution in [0.2, 0.25) is 0 Å². The Morgan fingerprint density at radius 2 is 1.79 bits per heavy atom. The summed E-state index contributed by atoms with van der Waals surface area (Å²) in [7, 11) is 0. The zero-order chi connectivity index (χ0) is 28.7. The number of benzene rings is 2. The number of aromatic amines is 1. The first kappa shape index (κ1) is 27.9. The lowest BCUT2D eigenvalue weighted by Crippen LogP contribution is -2.60. The number of aromatic nitrogens is 3. The number of aliphatic hydroxyl groups is 1. The molecule has 2 heterocycles. The fraction of sp³-hybridized carbons (Fsp3) is 0.531. The van der Waals surface area contributed by atoms with Crippen LogP contribution in [0.4, 0.5) is 10.5 Å². The third-order valence-electron chi connectivity index (χ3n) is 9.73. The van der Waals surface area contributed by atoms with Crippen molar-refractivity contribution in [2.75, 3.05) is 11.1 Å². The van der Waals surface area contributed by atoms with Crippen LogP contribution in [0, 0.1) is 23.7 Å². The number of H-pyrrole nitrogens is 1. The van der Waals surface area contributed by atoms with Crippen molar-refractivity contribution in [3.8, 4) is 0 Å². The molecule has 4 N–H and O–H groups in total. The molecule has 4 bridgehead atoms. The van der Waals surface area contributed by atoms with Crippen LogP contribution in [0.3, 0.4) is 0 Å². The smallest absolute Gasteiger partial charge is 0.319 e. The van der Waals surface area contributed by atoms with Gasteiger partial charge in [-0.2, -0.15) is 5.10 Å². The second-order valence-electron chi connectivity index (χ2n) is 12.8. The van der Waals surface area contributed by atoms with Gasteiger partial charge < -0.3 is 25.2 Å². The molecule has 222 valence electrons. The number of nitrogens with one attached hydrogen (secondary N) is 3. The van der Waals surface area contributed by atoms with E-state index in [0.29, 0.717) is 5.75 Å². The summed E-state index contributed by atoms with van der Waals surface area (Å²) in [4.78, 5) is 17.5. The molecule has 2 aromatic carbocycles. The van der Waals surface area contributed by atoms with E-state index in [2.05, 4.69) is 32.7 Å². The minimum atomic E-state index is -0.614. The van der Waals surface area contributed by atoms with Gasteiger partial charge in [0, 0.05) is 28.5 Å². The molecule has 42 heavy (non-hydrogen) atoms. The predicted molar refractivity (Wildman–Crippen MR) is 160 cm³/mol. The molecule has 8 rings (SSSR count). The van der Waals surface area contributed by atoms with Gasteiger partial charge in [0.15, 0.2) is 11.4 Å². The number of rotatable bonds is 8. The zero-order valence-electron chi connectivity index (χ0n) is 23.9. The topological polar surface area (TPSA) is 121 Å². The van der Waals surface area contributed by atoms with Crippen molar-refractivity contribution < 1.29 is 19.4 Å². The lowest BCUT2D eigenvalue weighted by atomic mass is 9.53. The number of carbonyl (C=O) groups is 1. The fourth-order valence-electron chi connectivity index (χ4n) is 8.16. The van der Waals surface area contributed by atoms with E-state index in [1.807, 2.05) is 48.5 Å². The molecule has 5 fully saturated rings. The summed E-state index contributed by atoms with van der Waals surface area (Å²) in [6.45, 7) is 2.14. The van der Waals surface area contributed by atoms with Crippen molar-refractivity contribution in [1.82, 2.24) is 20.5 Å². The van der Waals surface area contributed by atoms with E-state index in [1.54, 1.807) is 11.8 Å². The third kappa shape index (κ3) is 5.82. The predicted octanol–water partition coefficient (Wildman–Crippen LogP) is 5.97. The van der Waals surface area contributed by atoms with Crippen LogP contribution in [0.15, 0.2) is 60.0 Å². The van der Waals surface area contributed by atoms with E-state index < -0.39 is 6.29 Å². The largest absolute Gasteiger partial charge is 0.392 e. The number of anilines is 1. The minimum absolute atomic E-state index is 0.000224. The molecule has 9 nitrogen and oxygen atoms in total. The van der Waals surface area contributed by atoms with Crippen molar-refractivity contribution in [2.24, 2.45) is 23.7 Å². The number of amides is 2. The molecule has 10 heteroatoms. The number of hydrogen-bond acceptors (Lipinski definition) is 7. The summed E-state index contributed by atoms with van der Waals surface area (Å²) in [6.07, 6.45) is 7.91. The summed E-state index contributed by atoms with van der Waals surface area (Å²) >= 11 is 1.57. The second kappa shape index (κ2) is 11.6. The number of carbonyl (C=O) groups excluding carboxylic acids is 1. The maximum Gasteiger partial charge on any atom is 0.319 e. The molecule has 3 aromatic rings. The third-order valence-corrected chi connectivity index (χ3v) is 10.7. The summed E-state index contributed by atoms with van der Waals surface area (Å²) in [6, 6.07) is 15.5. The molecule has 0 spiro atoms. The average molecular weight is 590 g/mol. The van der Waals surface area contributed by atoms with Gasteiger partial charge in [-0.1, -0.05) is 55.1 Å². The molecule has 5 aliphatic rings. The van der Waals surface area contributed by atoms with Gasteiger partial charge in [-0.05, 0) is 79.5 Å². The van der Waals surface area contributed by atoms with E-state index >= 15 is 0 Å². The Labute approximate surface area is 250 Å². The Morgan fingerprint density at radius 1 is 1.05 bits per heavy atom. The molecule has 0 radical (unpaired) electrons. The van der Waals surface area contributed by atoms with E-state index in [-0.39, 0.29) is 36.3 Å². The highest BCUT2D eigenvalue weighted by Gasteiger charge is 2.51. The molecule has 4 saturated carbocycles. The molecular weight excluding hydrogens is 550 g/mol. The average Bonchev–Trinajstić information content (AvgIpc) is 3.50. The first-order valence-corrected chi connectivity index (χ1v) is 16.1. The van der Waals surface area contributed by atoms with Crippen molar-refractivity contribution in [1.29, 1.82) is 0 Å². The molecule has 4 aliphatic carbocycles. The molecule has 2 amide bonds. The van der Waals surface area contributed by atoms with Gasteiger partial charge in [0.05, 0.1) is 18.8 Å². The number of aliphatic hydroxyl groups excluding tert-OH is 1. The summed E-state index contributed by atoms with van der Waals surface area (Å²) < 4.78 is 13.2. The fourth-order valence-corrected chi connectivity index (χ4v) is 9.11. The zero-order valence-corrected chi connectivity index (χ0v) is 24.7. The van der Waals surface area contributed by atoms with Gasteiger partial charge in [0.25, 0.3) is 0 Å². The molecule has 1 saturated heterocycles. The maximum atomic E-state index is 13.2. The van der Waals surface area contributed by atoms with Gasteiger partial charge in [-0.3, -0.25) is 5.10 Å². The number of urea groups is 1. The Hall–Kier alpha value is -2.92. The summed E-state index contributed by atoms with van der Waals surface area (Å²) in [5, 5.41) is 23.6. The van der Waals surface area contributed by atoms with Crippen molar-refractivity contribution in [2.45, 2.75) is 81.2 Å². The van der Waals surface area contributed by atoms with Crippen LogP contribution in [0.25, 0.3) is 0 Å². The molecule has 1 aromatic heterocycles. The Kier molecular flexibility index (Phi) is 7.73. The normalized spacial score (nSPS) is 33.4. The van der Waals surface area contributed by atoms with Crippen LogP contribution in [0.5, 0.6) is 0 Å². The number of nitrogens with zero attached hydrogens (tertiary/aromatic N) is 2. The monoisotopic (exact) mass is 589 g/mol. The highest BCUT2D eigenvalue weighted by atomic mass is 32.2. The van der Waals surface area contributed by atoms with Gasteiger partial charge in [0.1, 0.15) is 6.33 Å². The Bertz CT molecular complexity index is 1350. The van der Waals surface area contributed by atoms with Crippen LogP contribution in [0.1, 0.15) is 74.5 Å². The van der Waals surface area contributed by atoms with Crippen LogP contribution in [-0.4, -0.2) is 43.7 Å². The quantitative estimate of drug-likeness (QED) is 0.239. The minimum Gasteiger partial charge on any atom is -0.392 e. The highest BCUT2D eigenvalue weighted by Crippen LogP contribution is 2.55. The van der Waals surface area contributed by atoms with Crippen LogP contribution in [-0.2, 0) is 16.1 Å². The van der Waals surface area contributed by atoms with E-state index in [9.17, 15) is 9.90 Å². The van der Waals surface area contributed by atoms with E-state index in [1.165, 1.54) is 25.6 Å². The first-order valence-electron chi connectivity index (χ1n) is 15.1. The summed E-state index contributed by atoms with van der Waals surface area (Å²) in [5.41, 5.74) is 3.41. The molecule has 4 atom stereocenters. The Morgan fingerprint density at radius 3 is 2.45 bits per heavy atom. The number of ether oxygens (including phenoxy) is 2. The molecule has 1 aliphatic heterocycles. The lowest BCUT2D eigenvalue weighted by Gasteiger charge is -2.56. The van der Waals surface area contributed by atoms with E-state index in [4.69, 9.17) is 9.47 Å². The number of hydrogen-bond donors (Lipinski definition) is 4. The maximum absolute atomic E-state index is 13.2. The SMILES string of the molecule is CC1C(CSc2ncn[nH]2)OC(c2cccc(NC(=O)NC34CC5CC(CC(C5)C3)C4)c2)OC1c1ccc(CO)cc1. The number of thioether (sulfide) groups is 1. The van der Waals surface area contributed by atoms with Crippen molar-refractivity contribution >= 4 is 23.5 Å². The van der Waals surface area contributed by atoms with Crippen molar-refractivity contribution in [3.05, 3.63) is 71.5 Å². The first-order chi connectivity index (χ1) is 20.4. The van der Waals surface area contributed by atoms with Gasteiger partial charge >= 0.3 is 6.03 Å². The molecular formula is C32H39N5O4S. The standard InChI is InChI=1S/C32H39N5O4S/c1-19-27(17-42-31-33-18-34-37-31)40-29(41-28(19)24-7-5-20(16-38)6-8-24)25-3-2-4-26(12-25)35-30(39)36-32-13-21-9-22(14-32)11-23(10-21)15-32/h2-8,12,18-19,21-23,27-29,38H,9-11,13-17H2,1H3,(H,33,34,37)(H2,35,36,39). The van der Waals surface area contributed by atoms with Crippen molar-refractivity contribution in [3.63, 3.8) is 0 Å². The van der Waals surface area contributed by atoms with Crippen LogP contribution < -0.4 is 10.6 Å². The van der Waals surface area contributed by atoms with Gasteiger partial charge in [-0.25, -0.2) is 9.78 Å². The van der Waals surface area contributed by atoms with Gasteiger partial charge in [0.2, 0.25) is 0 Å².